The van der Waals surface area contributed by atoms with E-state index in [1.165, 1.54) is 17.6 Å². The van der Waals surface area contributed by atoms with E-state index in [0.717, 1.165) is 42.7 Å². The monoisotopic (exact) mass is 374 g/mol. The molecule has 1 aromatic heterocycles. The summed E-state index contributed by atoms with van der Waals surface area (Å²) in [5.74, 6) is 1.68. The number of allylic oxidation sites excluding steroid dienone is 1. The minimum absolute atomic E-state index is 0.0352. The Morgan fingerprint density at radius 1 is 1.18 bits per heavy atom. The highest BCUT2D eigenvalue weighted by molar-refractivity contribution is 5.79. The Kier molecular flexibility index (Phi) is 5.20. The molecule has 3 aromatic rings. The van der Waals surface area contributed by atoms with Crippen LogP contribution in [0.1, 0.15) is 30.4 Å². The molecule has 144 valence electrons. The minimum Gasteiger partial charge on any atom is -0.508 e. The largest absolute Gasteiger partial charge is 0.508 e. The number of aromatic amines is 1. The molecule has 1 heterocycles. The van der Waals surface area contributed by atoms with E-state index in [1.54, 1.807) is 6.07 Å². The van der Waals surface area contributed by atoms with Crippen LogP contribution < -0.4 is 10.7 Å². The molecule has 0 aliphatic heterocycles. The molecule has 0 radical (unpaired) electrons. The van der Waals surface area contributed by atoms with Crippen LogP contribution in [0.4, 0.5) is 5.82 Å². The van der Waals surface area contributed by atoms with Crippen molar-refractivity contribution >= 4 is 16.7 Å². The second kappa shape index (κ2) is 7.93. The van der Waals surface area contributed by atoms with Crippen LogP contribution in [0.3, 0.4) is 0 Å². The quantitative estimate of drug-likeness (QED) is 0.536. The maximum absolute atomic E-state index is 12.3. The summed E-state index contributed by atoms with van der Waals surface area (Å²) in [6.07, 6.45) is 6.63. The smallest absolute Gasteiger partial charge is 0.191 e. The number of nitrogens with one attached hydrogen (secondary N) is 2. The summed E-state index contributed by atoms with van der Waals surface area (Å²) < 4.78 is 0. The van der Waals surface area contributed by atoms with Crippen LogP contribution in [-0.2, 0) is 6.42 Å². The molecule has 28 heavy (non-hydrogen) atoms. The molecule has 4 nitrogen and oxygen atoms in total. The van der Waals surface area contributed by atoms with Crippen LogP contribution in [-0.4, -0.2) is 16.6 Å². The van der Waals surface area contributed by atoms with E-state index in [1.807, 2.05) is 43.3 Å². The van der Waals surface area contributed by atoms with E-state index in [-0.39, 0.29) is 5.43 Å². The van der Waals surface area contributed by atoms with Gasteiger partial charge in [-0.15, -0.1) is 0 Å². The molecule has 0 saturated heterocycles. The van der Waals surface area contributed by atoms with Crippen LogP contribution >= 0.6 is 0 Å². The van der Waals surface area contributed by atoms with Gasteiger partial charge in [0.1, 0.15) is 11.6 Å². The number of para-hydroxylation sites is 1. The third-order valence-corrected chi connectivity index (χ3v) is 5.72. The fourth-order valence-electron chi connectivity index (χ4n) is 4.01. The van der Waals surface area contributed by atoms with Crippen molar-refractivity contribution in [3.05, 3.63) is 81.5 Å². The zero-order chi connectivity index (χ0) is 19.5. The van der Waals surface area contributed by atoms with Crippen molar-refractivity contribution in [1.82, 2.24) is 4.98 Å². The van der Waals surface area contributed by atoms with Crippen molar-refractivity contribution < 1.29 is 5.11 Å². The maximum Gasteiger partial charge on any atom is 0.191 e. The topological polar surface area (TPSA) is 65.1 Å². The van der Waals surface area contributed by atoms with E-state index in [4.69, 9.17) is 0 Å². The maximum atomic E-state index is 12.3. The number of hydrogen-bond donors (Lipinski definition) is 3. The number of anilines is 1. The summed E-state index contributed by atoms with van der Waals surface area (Å²) in [5.41, 5.74) is 4.40. The van der Waals surface area contributed by atoms with Gasteiger partial charge in [0.05, 0.1) is 5.52 Å². The molecule has 0 fully saturated rings. The molecule has 0 saturated carbocycles. The predicted molar refractivity (Wildman–Crippen MR) is 115 cm³/mol. The van der Waals surface area contributed by atoms with Crippen LogP contribution in [0.2, 0.25) is 0 Å². The van der Waals surface area contributed by atoms with Gasteiger partial charge in [-0.05, 0) is 67.9 Å². The van der Waals surface area contributed by atoms with Crippen molar-refractivity contribution in [3.63, 3.8) is 0 Å². The molecule has 3 N–H and O–H groups in total. The Bertz CT molecular complexity index is 1080. The van der Waals surface area contributed by atoms with E-state index in [9.17, 15) is 9.90 Å². The number of phenolic OH excluding ortho intramolecular Hbond substituents is 1. The lowest BCUT2D eigenvalue weighted by atomic mass is 9.93. The summed E-state index contributed by atoms with van der Waals surface area (Å²) >= 11 is 0. The Morgan fingerprint density at radius 2 is 2.04 bits per heavy atom. The standard InChI is InChI=1S/C24H26N2O2/c1-16-9-10-17(13-22(16)27)11-12-18-5-4-6-19(18)15-25-24-14-23(28)20-7-2-3-8-21(20)26-24/h2-3,6-10,13-14,18,27H,4-5,11-12,15H2,1H3,(H2,25,26,28). The fraction of sp³-hybridized carbons (Fsp3) is 0.292. The highest BCUT2D eigenvalue weighted by atomic mass is 16.3. The zero-order valence-corrected chi connectivity index (χ0v) is 16.2. The molecule has 1 unspecified atom stereocenters. The van der Waals surface area contributed by atoms with Gasteiger partial charge in [0.25, 0.3) is 0 Å². The Morgan fingerprint density at radius 3 is 2.89 bits per heavy atom. The van der Waals surface area contributed by atoms with Crippen molar-refractivity contribution in [1.29, 1.82) is 0 Å². The number of H-pyrrole nitrogens is 1. The molecule has 1 aliphatic rings. The molecule has 1 atom stereocenters. The molecule has 4 rings (SSSR count). The number of hydrogen-bond acceptors (Lipinski definition) is 3. The normalized spacial score (nSPS) is 16.3. The van der Waals surface area contributed by atoms with Gasteiger partial charge in [0.2, 0.25) is 0 Å². The fourth-order valence-corrected chi connectivity index (χ4v) is 4.01. The summed E-state index contributed by atoms with van der Waals surface area (Å²) in [5, 5.41) is 14.0. The summed E-state index contributed by atoms with van der Waals surface area (Å²) in [6.45, 7) is 2.66. The van der Waals surface area contributed by atoms with Crippen molar-refractivity contribution in [2.45, 2.75) is 32.6 Å². The third kappa shape index (κ3) is 3.96. The predicted octanol–water partition coefficient (Wildman–Crippen LogP) is 4.92. The van der Waals surface area contributed by atoms with E-state index < -0.39 is 0 Å². The van der Waals surface area contributed by atoms with Gasteiger partial charge in [-0.3, -0.25) is 4.79 Å². The van der Waals surface area contributed by atoms with E-state index in [0.29, 0.717) is 17.1 Å². The van der Waals surface area contributed by atoms with E-state index >= 15 is 0 Å². The van der Waals surface area contributed by atoms with Gasteiger partial charge in [0.15, 0.2) is 5.43 Å². The first-order valence-electron chi connectivity index (χ1n) is 9.93. The number of aromatic hydroxyl groups is 1. The summed E-state index contributed by atoms with van der Waals surface area (Å²) in [7, 11) is 0. The van der Waals surface area contributed by atoms with Gasteiger partial charge in [-0.1, -0.05) is 35.9 Å². The van der Waals surface area contributed by atoms with Crippen LogP contribution in [0.25, 0.3) is 10.9 Å². The number of rotatable bonds is 6. The van der Waals surface area contributed by atoms with Gasteiger partial charge in [-0.2, -0.15) is 0 Å². The SMILES string of the molecule is Cc1ccc(CCC2CCC=C2CNc2cc(=O)c3ccccc3[nH]2)cc1O. The minimum atomic E-state index is 0.0352. The summed E-state index contributed by atoms with van der Waals surface area (Å²) in [6, 6.07) is 15.2. The summed E-state index contributed by atoms with van der Waals surface area (Å²) in [4.78, 5) is 15.6. The van der Waals surface area contributed by atoms with E-state index in [2.05, 4.69) is 22.4 Å². The lowest BCUT2D eigenvalue weighted by Gasteiger charge is -2.17. The number of benzene rings is 2. The second-order valence-electron chi connectivity index (χ2n) is 7.66. The highest BCUT2D eigenvalue weighted by Crippen LogP contribution is 2.30. The van der Waals surface area contributed by atoms with Gasteiger partial charge >= 0.3 is 0 Å². The molecule has 0 amide bonds. The van der Waals surface area contributed by atoms with Crippen LogP contribution in [0.15, 0.2) is 65.0 Å². The first-order chi connectivity index (χ1) is 13.6. The number of aromatic nitrogens is 1. The molecular formula is C24H26N2O2. The highest BCUT2D eigenvalue weighted by Gasteiger charge is 2.19. The third-order valence-electron chi connectivity index (χ3n) is 5.72. The Hall–Kier alpha value is -3.01. The molecule has 0 spiro atoms. The number of aryl methyl sites for hydroxylation is 2. The van der Waals surface area contributed by atoms with Crippen LogP contribution in [0, 0.1) is 12.8 Å². The molecule has 4 heteroatoms. The molecule has 2 aromatic carbocycles. The number of phenols is 1. The van der Waals surface area contributed by atoms with Crippen molar-refractivity contribution in [2.24, 2.45) is 5.92 Å². The first kappa shape index (κ1) is 18.4. The lowest BCUT2D eigenvalue weighted by molar-refractivity contribution is 0.469. The average Bonchev–Trinajstić information content (AvgIpc) is 3.15. The van der Waals surface area contributed by atoms with Crippen molar-refractivity contribution in [3.8, 4) is 5.75 Å². The van der Waals surface area contributed by atoms with Crippen LogP contribution in [0.5, 0.6) is 5.75 Å². The number of fused-ring (bicyclic) bond motifs is 1. The van der Waals surface area contributed by atoms with Gasteiger partial charge in [0, 0.05) is 18.0 Å². The van der Waals surface area contributed by atoms with Gasteiger partial charge in [-0.25, -0.2) is 0 Å². The van der Waals surface area contributed by atoms with Gasteiger partial charge < -0.3 is 15.4 Å². The molecular weight excluding hydrogens is 348 g/mol. The zero-order valence-electron chi connectivity index (χ0n) is 16.2. The Balaban J connectivity index is 1.39. The second-order valence-corrected chi connectivity index (χ2v) is 7.66. The number of pyridine rings is 1. The lowest BCUT2D eigenvalue weighted by Crippen LogP contribution is -2.14. The van der Waals surface area contributed by atoms with Crippen molar-refractivity contribution in [2.75, 3.05) is 11.9 Å². The Labute approximate surface area is 164 Å². The average molecular weight is 374 g/mol. The molecule has 0 bridgehead atoms. The molecule has 1 aliphatic carbocycles. The first-order valence-corrected chi connectivity index (χ1v) is 9.93.